The summed E-state index contributed by atoms with van der Waals surface area (Å²) in [7, 11) is 0. The van der Waals surface area contributed by atoms with Gasteiger partial charge < -0.3 is 5.32 Å². The van der Waals surface area contributed by atoms with E-state index in [2.05, 4.69) is 35.9 Å². The normalized spacial score (nSPS) is 29.8. The molecule has 0 aromatic heterocycles. The Morgan fingerprint density at radius 2 is 1.81 bits per heavy atom. The molecule has 0 aromatic carbocycles. The van der Waals surface area contributed by atoms with Crippen molar-refractivity contribution in [3.63, 3.8) is 0 Å². The van der Waals surface area contributed by atoms with Gasteiger partial charge in [0.25, 0.3) is 0 Å². The molecule has 2 heterocycles. The molecule has 1 N–H and O–H groups in total. The zero-order valence-electron chi connectivity index (χ0n) is 11.1. The van der Waals surface area contributed by atoms with Gasteiger partial charge in [-0.3, -0.25) is 9.80 Å². The summed E-state index contributed by atoms with van der Waals surface area (Å²) in [6.07, 6.45) is 2.74. The van der Waals surface area contributed by atoms with Crippen LogP contribution in [0.1, 0.15) is 33.6 Å². The van der Waals surface area contributed by atoms with E-state index in [1.165, 1.54) is 52.1 Å². The summed E-state index contributed by atoms with van der Waals surface area (Å²) in [5.74, 6) is 0. The van der Waals surface area contributed by atoms with Gasteiger partial charge in [-0.05, 0) is 40.2 Å². The SMILES string of the molecule is CC(C)(C)N1CCN(CC2CCCN2)CC1. The number of nitrogens with one attached hydrogen (secondary N) is 1. The Hall–Kier alpha value is -0.120. The summed E-state index contributed by atoms with van der Waals surface area (Å²) in [5.41, 5.74) is 0.345. The average molecular weight is 225 g/mol. The van der Waals surface area contributed by atoms with Crippen molar-refractivity contribution in [1.82, 2.24) is 15.1 Å². The zero-order valence-corrected chi connectivity index (χ0v) is 11.1. The predicted octanol–water partition coefficient (Wildman–Crippen LogP) is 1.15. The summed E-state index contributed by atoms with van der Waals surface area (Å²) in [5, 5.41) is 3.59. The van der Waals surface area contributed by atoms with Gasteiger partial charge in [-0.1, -0.05) is 0 Å². The minimum atomic E-state index is 0.345. The molecule has 0 saturated carbocycles. The van der Waals surface area contributed by atoms with Crippen molar-refractivity contribution in [3.05, 3.63) is 0 Å². The Bertz CT molecular complexity index is 208. The van der Waals surface area contributed by atoms with E-state index >= 15 is 0 Å². The van der Waals surface area contributed by atoms with Crippen LogP contribution in [0.15, 0.2) is 0 Å². The second kappa shape index (κ2) is 5.03. The van der Waals surface area contributed by atoms with Crippen LogP contribution < -0.4 is 5.32 Å². The Balaban J connectivity index is 1.72. The maximum Gasteiger partial charge on any atom is 0.0195 e. The molecular formula is C13H27N3. The molecule has 2 saturated heterocycles. The summed E-state index contributed by atoms with van der Waals surface area (Å²) in [6, 6.07) is 0.765. The van der Waals surface area contributed by atoms with Gasteiger partial charge in [0.15, 0.2) is 0 Å². The highest BCUT2D eigenvalue weighted by Crippen LogP contribution is 2.16. The zero-order chi connectivity index (χ0) is 11.6. The van der Waals surface area contributed by atoms with E-state index in [1.807, 2.05) is 0 Å². The molecule has 0 radical (unpaired) electrons. The first kappa shape index (κ1) is 12.3. The maximum atomic E-state index is 3.59. The van der Waals surface area contributed by atoms with Crippen LogP contribution in [-0.4, -0.2) is 60.6 Å². The lowest BCUT2D eigenvalue weighted by molar-refractivity contribution is 0.0590. The van der Waals surface area contributed by atoms with Gasteiger partial charge in [0.2, 0.25) is 0 Å². The van der Waals surface area contributed by atoms with E-state index in [-0.39, 0.29) is 0 Å². The molecule has 16 heavy (non-hydrogen) atoms. The summed E-state index contributed by atoms with van der Waals surface area (Å²) in [6.45, 7) is 14.4. The molecule has 3 nitrogen and oxygen atoms in total. The highest BCUT2D eigenvalue weighted by atomic mass is 15.3. The van der Waals surface area contributed by atoms with Crippen molar-refractivity contribution in [2.45, 2.75) is 45.2 Å². The van der Waals surface area contributed by atoms with E-state index < -0.39 is 0 Å². The molecular weight excluding hydrogens is 198 g/mol. The lowest BCUT2D eigenvalue weighted by Gasteiger charge is -2.42. The molecule has 2 rings (SSSR count). The van der Waals surface area contributed by atoms with E-state index in [0.717, 1.165) is 6.04 Å². The number of rotatable bonds is 2. The van der Waals surface area contributed by atoms with Gasteiger partial charge in [0, 0.05) is 44.3 Å². The lowest BCUT2D eigenvalue weighted by atomic mass is 10.0. The van der Waals surface area contributed by atoms with Gasteiger partial charge >= 0.3 is 0 Å². The van der Waals surface area contributed by atoms with Crippen LogP contribution in [-0.2, 0) is 0 Å². The highest BCUT2D eigenvalue weighted by molar-refractivity contribution is 4.84. The fourth-order valence-corrected chi connectivity index (χ4v) is 2.83. The van der Waals surface area contributed by atoms with Crippen LogP contribution in [0.4, 0.5) is 0 Å². The van der Waals surface area contributed by atoms with Gasteiger partial charge in [0.1, 0.15) is 0 Å². The molecule has 2 aliphatic heterocycles. The highest BCUT2D eigenvalue weighted by Gasteiger charge is 2.27. The van der Waals surface area contributed by atoms with Gasteiger partial charge in [-0.25, -0.2) is 0 Å². The van der Waals surface area contributed by atoms with Crippen LogP contribution in [0.25, 0.3) is 0 Å². The first-order valence-corrected chi connectivity index (χ1v) is 6.76. The Kier molecular flexibility index (Phi) is 3.88. The summed E-state index contributed by atoms with van der Waals surface area (Å²) < 4.78 is 0. The quantitative estimate of drug-likeness (QED) is 0.761. The molecule has 0 bridgehead atoms. The first-order valence-electron chi connectivity index (χ1n) is 6.76. The first-order chi connectivity index (χ1) is 7.55. The van der Waals surface area contributed by atoms with Crippen LogP contribution in [0.3, 0.4) is 0 Å². The van der Waals surface area contributed by atoms with E-state index in [9.17, 15) is 0 Å². The molecule has 0 spiro atoms. The Labute approximate surface area is 100 Å². The van der Waals surface area contributed by atoms with Crippen LogP contribution in [0.5, 0.6) is 0 Å². The fourth-order valence-electron chi connectivity index (χ4n) is 2.83. The van der Waals surface area contributed by atoms with E-state index in [4.69, 9.17) is 0 Å². The van der Waals surface area contributed by atoms with Gasteiger partial charge in [-0.15, -0.1) is 0 Å². The van der Waals surface area contributed by atoms with Crippen molar-refractivity contribution in [3.8, 4) is 0 Å². The third kappa shape index (κ3) is 3.19. The smallest absolute Gasteiger partial charge is 0.0195 e. The van der Waals surface area contributed by atoms with Crippen molar-refractivity contribution in [2.75, 3.05) is 39.3 Å². The third-order valence-electron chi connectivity index (χ3n) is 3.96. The second-order valence-corrected chi connectivity index (χ2v) is 6.25. The third-order valence-corrected chi connectivity index (χ3v) is 3.96. The summed E-state index contributed by atoms with van der Waals surface area (Å²) >= 11 is 0. The topological polar surface area (TPSA) is 18.5 Å². The molecule has 1 unspecified atom stereocenters. The number of hydrogen-bond acceptors (Lipinski definition) is 3. The monoisotopic (exact) mass is 225 g/mol. The van der Waals surface area contributed by atoms with Crippen LogP contribution >= 0.6 is 0 Å². The second-order valence-electron chi connectivity index (χ2n) is 6.25. The van der Waals surface area contributed by atoms with Crippen molar-refractivity contribution in [1.29, 1.82) is 0 Å². The predicted molar refractivity (Wildman–Crippen MR) is 68.8 cm³/mol. The van der Waals surface area contributed by atoms with E-state index in [0.29, 0.717) is 5.54 Å². The van der Waals surface area contributed by atoms with Gasteiger partial charge in [0.05, 0.1) is 0 Å². The lowest BCUT2D eigenvalue weighted by Crippen LogP contribution is -2.55. The number of hydrogen-bond donors (Lipinski definition) is 1. The number of nitrogens with zero attached hydrogens (tertiary/aromatic N) is 2. The molecule has 1 atom stereocenters. The van der Waals surface area contributed by atoms with Crippen LogP contribution in [0, 0.1) is 0 Å². The van der Waals surface area contributed by atoms with Crippen molar-refractivity contribution in [2.24, 2.45) is 0 Å². The van der Waals surface area contributed by atoms with Gasteiger partial charge in [-0.2, -0.15) is 0 Å². The molecule has 0 aromatic rings. The van der Waals surface area contributed by atoms with Crippen LogP contribution in [0.2, 0.25) is 0 Å². The molecule has 3 heteroatoms. The Morgan fingerprint density at radius 3 is 2.31 bits per heavy atom. The molecule has 2 fully saturated rings. The Morgan fingerprint density at radius 1 is 1.12 bits per heavy atom. The van der Waals surface area contributed by atoms with Crippen molar-refractivity contribution >= 4 is 0 Å². The summed E-state index contributed by atoms with van der Waals surface area (Å²) in [4.78, 5) is 5.23. The maximum absolute atomic E-state index is 3.59. The molecule has 0 aliphatic carbocycles. The largest absolute Gasteiger partial charge is 0.313 e. The molecule has 0 amide bonds. The molecule has 94 valence electrons. The standard InChI is InChI=1S/C13H27N3/c1-13(2,3)16-9-7-15(8-10-16)11-12-5-4-6-14-12/h12,14H,4-11H2,1-3H3. The van der Waals surface area contributed by atoms with E-state index in [1.54, 1.807) is 0 Å². The average Bonchev–Trinajstić information content (AvgIpc) is 2.70. The molecule has 2 aliphatic rings. The fraction of sp³-hybridized carbons (Fsp3) is 1.00. The number of piperazine rings is 1. The minimum absolute atomic E-state index is 0.345. The minimum Gasteiger partial charge on any atom is -0.313 e. The van der Waals surface area contributed by atoms with Crippen molar-refractivity contribution < 1.29 is 0 Å².